The number of hydrogen-bond acceptors (Lipinski definition) is 2. The highest BCUT2D eigenvalue weighted by atomic mass is 35.5. The van der Waals surface area contributed by atoms with Crippen LogP contribution in [0.2, 0.25) is 5.02 Å². The Balaban J connectivity index is 2.05. The molecule has 3 heteroatoms. The Morgan fingerprint density at radius 3 is 2.24 bits per heavy atom. The van der Waals surface area contributed by atoms with Gasteiger partial charge in [0.25, 0.3) is 0 Å². The number of hydrogen-bond donors (Lipinski definition) is 0. The van der Waals surface area contributed by atoms with Gasteiger partial charge < -0.3 is 0 Å². The molecule has 0 radical (unpaired) electrons. The fraction of sp³-hybridized carbons (Fsp3) is 0.182. The molecule has 0 saturated carbocycles. The van der Waals surface area contributed by atoms with Gasteiger partial charge in [-0.15, -0.1) is 0 Å². The first-order chi connectivity index (χ1) is 11.9. The van der Waals surface area contributed by atoms with Crippen molar-refractivity contribution in [2.24, 2.45) is 0 Å². The third kappa shape index (κ3) is 2.87. The van der Waals surface area contributed by atoms with Crippen LogP contribution in [0.3, 0.4) is 0 Å². The summed E-state index contributed by atoms with van der Waals surface area (Å²) in [5.41, 5.74) is 4.71. The molecule has 0 saturated heterocycles. The summed E-state index contributed by atoms with van der Waals surface area (Å²) in [6.07, 6.45) is 0. The molecule has 0 amide bonds. The lowest BCUT2D eigenvalue weighted by molar-refractivity contribution is 0.571. The van der Waals surface area contributed by atoms with E-state index in [0.29, 0.717) is 0 Å². The van der Waals surface area contributed by atoms with Crippen molar-refractivity contribution < 1.29 is 0 Å². The van der Waals surface area contributed by atoms with Crippen molar-refractivity contribution in [3.8, 4) is 11.3 Å². The van der Waals surface area contributed by atoms with Gasteiger partial charge >= 0.3 is 0 Å². The second kappa shape index (κ2) is 5.82. The summed E-state index contributed by atoms with van der Waals surface area (Å²) in [5, 5.41) is 2.74. The van der Waals surface area contributed by atoms with E-state index in [9.17, 15) is 0 Å². The van der Waals surface area contributed by atoms with Gasteiger partial charge in [-0.3, -0.25) is 0 Å². The standard InChI is InChI=1S/C22H19ClN2/c1-22(2,3)19-13-17(23)16-11-9-15-10-12-18(14-7-5-4-6-8-14)24-20(15)21(16)25-19/h4-13H,1-3H3. The van der Waals surface area contributed by atoms with Crippen LogP contribution in [0.15, 0.2) is 60.7 Å². The molecular formula is C22H19ClN2. The monoisotopic (exact) mass is 346 g/mol. The summed E-state index contributed by atoms with van der Waals surface area (Å²) < 4.78 is 0. The maximum Gasteiger partial charge on any atom is 0.0983 e. The lowest BCUT2D eigenvalue weighted by Gasteiger charge is -2.19. The van der Waals surface area contributed by atoms with E-state index in [-0.39, 0.29) is 5.41 Å². The van der Waals surface area contributed by atoms with Crippen LogP contribution in [0.25, 0.3) is 33.1 Å². The average molecular weight is 347 g/mol. The molecule has 2 aromatic heterocycles. The molecule has 0 spiro atoms. The Bertz CT molecular complexity index is 1080. The van der Waals surface area contributed by atoms with Gasteiger partial charge in [-0.2, -0.15) is 0 Å². The van der Waals surface area contributed by atoms with E-state index in [4.69, 9.17) is 21.6 Å². The maximum absolute atomic E-state index is 6.56. The minimum Gasteiger partial charge on any atom is -0.250 e. The smallest absolute Gasteiger partial charge is 0.0983 e. The Labute approximate surface area is 152 Å². The molecule has 0 aliphatic carbocycles. The van der Waals surface area contributed by atoms with E-state index in [2.05, 4.69) is 51.1 Å². The topological polar surface area (TPSA) is 25.8 Å². The van der Waals surface area contributed by atoms with Gasteiger partial charge in [0, 0.05) is 27.4 Å². The van der Waals surface area contributed by atoms with Crippen molar-refractivity contribution in [2.45, 2.75) is 26.2 Å². The molecule has 0 bridgehead atoms. The highest BCUT2D eigenvalue weighted by molar-refractivity contribution is 6.36. The largest absolute Gasteiger partial charge is 0.250 e. The quantitative estimate of drug-likeness (QED) is 0.372. The van der Waals surface area contributed by atoms with Crippen LogP contribution in [0.1, 0.15) is 26.5 Å². The molecule has 0 fully saturated rings. The first-order valence-electron chi connectivity index (χ1n) is 8.39. The van der Waals surface area contributed by atoms with Crippen molar-refractivity contribution in [2.75, 3.05) is 0 Å². The van der Waals surface area contributed by atoms with Crippen LogP contribution >= 0.6 is 11.6 Å². The Morgan fingerprint density at radius 2 is 1.52 bits per heavy atom. The molecule has 2 aromatic carbocycles. The highest BCUT2D eigenvalue weighted by Crippen LogP contribution is 2.33. The zero-order valence-corrected chi connectivity index (χ0v) is 15.3. The minimum atomic E-state index is -0.0724. The summed E-state index contributed by atoms with van der Waals surface area (Å²) in [5.74, 6) is 0. The number of aromatic nitrogens is 2. The van der Waals surface area contributed by atoms with Crippen LogP contribution in [-0.4, -0.2) is 9.97 Å². The fourth-order valence-electron chi connectivity index (χ4n) is 2.98. The first-order valence-corrected chi connectivity index (χ1v) is 8.77. The van der Waals surface area contributed by atoms with E-state index < -0.39 is 0 Å². The van der Waals surface area contributed by atoms with Gasteiger partial charge in [0.1, 0.15) is 0 Å². The Morgan fingerprint density at radius 1 is 0.800 bits per heavy atom. The zero-order valence-electron chi connectivity index (χ0n) is 14.5. The highest BCUT2D eigenvalue weighted by Gasteiger charge is 2.19. The Kier molecular flexibility index (Phi) is 3.73. The predicted octanol–water partition coefficient (Wildman–Crippen LogP) is 6.40. The van der Waals surface area contributed by atoms with Crippen molar-refractivity contribution >= 4 is 33.4 Å². The van der Waals surface area contributed by atoms with Crippen LogP contribution < -0.4 is 0 Å². The molecule has 0 aliphatic heterocycles. The van der Waals surface area contributed by atoms with Crippen molar-refractivity contribution in [1.82, 2.24) is 9.97 Å². The predicted molar refractivity (Wildman–Crippen MR) is 106 cm³/mol. The van der Waals surface area contributed by atoms with Crippen LogP contribution in [0.5, 0.6) is 0 Å². The minimum absolute atomic E-state index is 0.0724. The molecule has 0 N–H and O–H groups in total. The zero-order chi connectivity index (χ0) is 17.6. The number of halogens is 1. The molecule has 4 aromatic rings. The number of fused-ring (bicyclic) bond motifs is 3. The SMILES string of the molecule is CC(C)(C)c1cc(Cl)c2ccc3ccc(-c4ccccc4)nc3c2n1. The lowest BCUT2D eigenvalue weighted by Crippen LogP contribution is -2.13. The van der Waals surface area contributed by atoms with Gasteiger partial charge in [-0.25, -0.2) is 9.97 Å². The molecule has 0 unspecified atom stereocenters. The molecule has 0 aliphatic rings. The molecule has 124 valence electrons. The van der Waals surface area contributed by atoms with E-state index in [1.54, 1.807) is 0 Å². The first kappa shape index (κ1) is 16.0. The van der Waals surface area contributed by atoms with E-state index in [1.165, 1.54) is 0 Å². The van der Waals surface area contributed by atoms with E-state index >= 15 is 0 Å². The normalized spacial score (nSPS) is 12.0. The second-order valence-electron chi connectivity index (χ2n) is 7.34. The third-order valence-corrected chi connectivity index (χ3v) is 4.74. The van der Waals surface area contributed by atoms with Crippen LogP contribution in [0, 0.1) is 0 Å². The molecule has 2 nitrogen and oxygen atoms in total. The fourth-order valence-corrected chi connectivity index (χ4v) is 3.24. The van der Waals surface area contributed by atoms with Crippen molar-refractivity contribution in [3.05, 3.63) is 71.4 Å². The summed E-state index contributed by atoms with van der Waals surface area (Å²) in [6, 6.07) is 20.4. The average Bonchev–Trinajstić information content (AvgIpc) is 2.61. The lowest BCUT2D eigenvalue weighted by atomic mass is 9.91. The van der Waals surface area contributed by atoms with Crippen LogP contribution in [-0.2, 0) is 5.41 Å². The van der Waals surface area contributed by atoms with E-state index in [0.717, 1.165) is 43.8 Å². The van der Waals surface area contributed by atoms with Gasteiger partial charge in [0.05, 0.1) is 21.7 Å². The third-order valence-electron chi connectivity index (χ3n) is 4.43. The van der Waals surface area contributed by atoms with Gasteiger partial charge in [-0.1, -0.05) is 80.9 Å². The van der Waals surface area contributed by atoms with Gasteiger partial charge in [0.15, 0.2) is 0 Å². The molecule has 0 atom stereocenters. The number of nitrogens with zero attached hydrogens (tertiary/aromatic N) is 2. The van der Waals surface area contributed by atoms with Gasteiger partial charge in [-0.05, 0) is 12.1 Å². The van der Waals surface area contributed by atoms with E-state index in [1.807, 2.05) is 30.3 Å². The summed E-state index contributed by atoms with van der Waals surface area (Å²) in [6.45, 7) is 6.43. The van der Waals surface area contributed by atoms with Crippen molar-refractivity contribution in [1.29, 1.82) is 0 Å². The number of rotatable bonds is 1. The Hall–Kier alpha value is -2.45. The second-order valence-corrected chi connectivity index (χ2v) is 7.74. The van der Waals surface area contributed by atoms with Gasteiger partial charge in [0.2, 0.25) is 0 Å². The molecule has 25 heavy (non-hydrogen) atoms. The summed E-state index contributed by atoms with van der Waals surface area (Å²) in [7, 11) is 0. The number of benzene rings is 2. The van der Waals surface area contributed by atoms with Crippen molar-refractivity contribution in [3.63, 3.8) is 0 Å². The van der Waals surface area contributed by atoms with Crippen LogP contribution in [0.4, 0.5) is 0 Å². The maximum atomic E-state index is 6.56. The summed E-state index contributed by atoms with van der Waals surface area (Å²) in [4.78, 5) is 9.84. The molecule has 4 rings (SSSR count). The summed E-state index contributed by atoms with van der Waals surface area (Å²) >= 11 is 6.56. The number of pyridine rings is 2. The molecule has 2 heterocycles. The molecular weight excluding hydrogens is 328 g/mol.